The average Bonchev–Trinajstić information content (AvgIpc) is 2.40. The minimum absolute atomic E-state index is 0.106. The molecule has 0 saturated heterocycles. The standard InChI is InChI=1S/C16H16ClNO2/c1-11-4-2-3-5-12(11)8-9-18-16(20)14-7-6-13(17)10-15(14)19/h2-7,10,19H,8-9H2,1H3,(H,18,20). The summed E-state index contributed by atoms with van der Waals surface area (Å²) in [5.41, 5.74) is 2.64. The van der Waals surface area contributed by atoms with Gasteiger partial charge in [0.2, 0.25) is 0 Å². The fraction of sp³-hybridized carbons (Fsp3) is 0.188. The molecule has 2 N–H and O–H groups in total. The maximum atomic E-state index is 11.9. The zero-order valence-corrected chi connectivity index (χ0v) is 11.9. The molecule has 104 valence electrons. The van der Waals surface area contributed by atoms with E-state index in [4.69, 9.17) is 11.6 Å². The van der Waals surface area contributed by atoms with Crippen LogP contribution in [0, 0.1) is 6.92 Å². The van der Waals surface area contributed by atoms with E-state index in [9.17, 15) is 9.90 Å². The second-order valence-corrected chi connectivity index (χ2v) is 5.03. The highest BCUT2D eigenvalue weighted by molar-refractivity contribution is 6.30. The van der Waals surface area contributed by atoms with Crippen molar-refractivity contribution in [1.82, 2.24) is 5.32 Å². The molecule has 2 rings (SSSR count). The van der Waals surface area contributed by atoms with E-state index < -0.39 is 0 Å². The van der Waals surface area contributed by atoms with Crippen LogP contribution in [0.2, 0.25) is 5.02 Å². The SMILES string of the molecule is Cc1ccccc1CCNC(=O)c1ccc(Cl)cc1O. The highest BCUT2D eigenvalue weighted by Gasteiger charge is 2.10. The van der Waals surface area contributed by atoms with E-state index in [2.05, 4.69) is 5.32 Å². The fourth-order valence-corrected chi connectivity index (χ4v) is 2.16. The highest BCUT2D eigenvalue weighted by Crippen LogP contribution is 2.21. The molecule has 4 heteroatoms. The molecule has 2 aromatic carbocycles. The number of aromatic hydroxyl groups is 1. The summed E-state index contributed by atoms with van der Waals surface area (Å²) in [5, 5.41) is 12.9. The Kier molecular flexibility index (Phi) is 4.64. The average molecular weight is 290 g/mol. The van der Waals surface area contributed by atoms with Crippen LogP contribution < -0.4 is 5.32 Å². The van der Waals surface area contributed by atoms with Gasteiger partial charge >= 0.3 is 0 Å². The summed E-state index contributed by atoms with van der Waals surface area (Å²) in [6.07, 6.45) is 0.757. The largest absolute Gasteiger partial charge is 0.507 e. The lowest BCUT2D eigenvalue weighted by Crippen LogP contribution is -2.25. The number of phenolic OH excluding ortho intramolecular Hbond substituents is 1. The molecule has 0 fully saturated rings. The number of carbonyl (C=O) groups is 1. The molecule has 0 atom stereocenters. The van der Waals surface area contributed by atoms with E-state index in [0.29, 0.717) is 11.6 Å². The Morgan fingerprint density at radius 3 is 2.70 bits per heavy atom. The van der Waals surface area contributed by atoms with Gasteiger partial charge in [0.05, 0.1) is 5.56 Å². The highest BCUT2D eigenvalue weighted by atomic mass is 35.5. The smallest absolute Gasteiger partial charge is 0.255 e. The molecular formula is C16H16ClNO2. The second-order valence-electron chi connectivity index (χ2n) is 4.59. The van der Waals surface area contributed by atoms with Gasteiger partial charge in [-0.1, -0.05) is 35.9 Å². The molecule has 0 aliphatic rings. The fourth-order valence-electron chi connectivity index (χ4n) is 1.99. The summed E-state index contributed by atoms with van der Waals surface area (Å²) >= 11 is 5.73. The van der Waals surface area contributed by atoms with Crippen molar-refractivity contribution in [1.29, 1.82) is 0 Å². The van der Waals surface area contributed by atoms with Crippen LogP contribution in [0.5, 0.6) is 5.75 Å². The third-order valence-electron chi connectivity index (χ3n) is 3.15. The molecule has 0 aliphatic heterocycles. The number of carbonyl (C=O) groups excluding carboxylic acids is 1. The monoisotopic (exact) mass is 289 g/mol. The number of nitrogens with one attached hydrogen (secondary N) is 1. The van der Waals surface area contributed by atoms with Crippen LogP contribution in [-0.2, 0) is 6.42 Å². The Bertz CT molecular complexity index is 626. The quantitative estimate of drug-likeness (QED) is 0.907. The lowest BCUT2D eigenvalue weighted by atomic mass is 10.1. The zero-order valence-electron chi connectivity index (χ0n) is 11.2. The molecule has 3 nitrogen and oxygen atoms in total. The van der Waals surface area contributed by atoms with Gasteiger partial charge in [-0.25, -0.2) is 0 Å². The van der Waals surface area contributed by atoms with Gasteiger partial charge in [-0.15, -0.1) is 0 Å². The predicted octanol–water partition coefficient (Wildman–Crippen LogP) is 3.33. The third kappa shape index (κ3) is 3.52. The van der Waals surface area contributed by atoms with E-state index in [1.807, 2.05) is 31.2 Å². The summed E-state index contributed by atoms with van der Waals surface area (Å²) in [6, 6.07) is 12.5. The first kappa shape index (κ1) is 14.4. The van der Waals surface area contributed by atoms with Gasteiger partial charge in [0.1, 0.15) is 5.75 Å². The van der Waals surface area contributed by atoms with Crippen molar-refractivity contribution >= 4 is 17.5 Å². The van der Waals surface area contributed by atoms with Crippen LogP contribution in [0.4, 0.5) is 0 Å². The Balaban J connectivity index is 1.94. The summed E-state index contributed by atoms with van der Waals surface area (Å²) in [7, 11) is 0. The molecule has 0 radical (unpaired) electrons. The summed E-state index contributed by atoms with van der Waals surface area (Å²) in [6.45, 7) is 2.56. The topological polar surface area (TPSA) is 49.3 Å². The van der Waals surface area contributed by atoms with Crippen molar-refractivity contribution in [2.75, 3.05) is 6.54 Å². The Hall–Kier alpha value is -2.00. The summed E-state index contributed by atoms with van der Waals surface area (Å²) < 4.78 is 0. The molecule has 0 bridgehead atoms. The minimum atomic E-state index is -0.298. The van der Waals surface area contributed by atoms with Crippen molar-refractivity contribution in [2.45, 2.75) is 13.3 Å². The molecule has 0 aromatic heterocycles. The van der Waals surface area contributed by atoms with Crippen LogP contribution in [-0.4, -0.2) is 17.6 Å². The Morgan fingerprint density at radius 1 is 1.25 bits per heavy atom. The molecule has 0 heterocycles. The molecule has 2 aromatic rings. The first-order chi connectivity index (χ1) is 9.58. The molecule has 0 spiro atoms. The van der Waals surface area contributed by atoms with Gasteiger partial charge in [0, 0.05) is 11.6 Å². The van der Waals surface area contributed by atoms with Crippen LogP contribution >= 0.6 is 11.6 Å². The van der Waals surface area contributed by atoms with E-state index in [1.54, 1.807) is 6.07 Å². The summed E-state index contributed by atoms with van der Waals surface area (Å²) in [4.78, 5) is 11.9. The third-order valence-corrected chi connectivity index (χ3v) is 3.38. The lowest BCUT2D eigenvalue weighted by molar-refractivity contribution is 0.0951. The lowest BCUT2D eigenvalue weighted by Gasteiger charge is -2.08. The molecule has 20 heavy (non-hydrogen) atoms. The first-order valence-electron chi connectivity index (χ1n) is 6.39. The zero-order chi connectivity index (χ0) is 14.5. The molecule has 0 aliphatic carbocycles. The summed E-state index contributed by atoms with van der Waals surface area (Å²) in [5.74, 6) is -0.404. The van der Waals surface area contributed by atoms with Crippen molar-refractivity contribution in [3.8, 4) is 5.75 Å². The number of benzene rings is 2. The predicted molar refractivity (Wildman–Crippen MR) is 80.3 cm³/mol. The molecule has 1 amide bonds. The van der Waals surface area contributed by atoms with Gasteiger partial charge in [0.25, 0.3) is 5.91 Å². The van der Waals surface area contributed by atoms with Gasteiger partial charge in [-0.2, -0.15) is 0 Å². The maximum absolute atomic E-state index is 11.9. The van der Waals surface area contributed by atoms with Crippen molar-refractivity contribution < 1.29 is 9.90 Å². The number of aryl methyl sites for hydroxylation is 1. The molecule has 0 saturated carbocycles. The first-order valence-corrected chi connectivity index (χ1v) is 6.77. The number of halogens is 1. The number of hydrogen-bond acceptors (Lipinski definition) is 2. The maximum Gasteiger partial charge on any atom is 0.255 e. The van der Waals surface area contributed by atoms with Crippen molar-refractivity contribution in [2.24, 2.45) is 0 Å². The molecule has 0 unspecified atom stereocenters. The number of phenols is 1. The van der Waals surface area contributed by atoms with E-state index in [-0.39, 0.29) is 17.2 Å². The second kappa shape index (κ2) is 6.44. The van der Waals surface area contributed by atoms with E-state index in [0.717, 1.165) is 6.42 Å². The van der Waals surface area contributed by atoms with Crippen molar-refractivity contribution in [3.05, 3.63) is 64.2 Å². The van der Waals surface area contributed by atoms with Crippen LogP contribution in [0.3, 0.4) is 0 Å². The number of hydrogen-bond donors (Lipinski definition) is 2. The van der Waals surface area contributed by atoms with Gasteiger partial charge < -0.3 is 10.4 Å². The van der Waals surface area contributed by atoms with Crippen LogP contribution in [0.25, 0.3) is 0 Å². The van der Waals surface area contributed by atoms with Gasteiger partial charge in [-0.3, -0.25) is 4.79 Å². The van der Waals surface area contributed by atoms with Crippen LogP contribution in [0.1, 0.15) is 21.5 Å². The van der Waals surface area contributed by atoms with E-state index >= 15 is 0 Å². The molecular weight excluding hydrogens is 274 g/mol. The number of amides is 1. The normalized spacial score (nSPS) is 10.3. The Labute approximate surface area is 123 Å². The number of rotatable bonds is 4. The Morgan fingerprint density at radius 2 is 2.00 bits per heavy atom. The van der Waals surface area contributed by atoms with Gasteiger partial charge in [-0.05, 0) is 42.7 Å². The van der Waals surface area contributed by atoms with Crippen molar-refractivity contribution in [3.63, 3.8) is 0 Å². The van der Waals surface area contributed by atoms with Crippen LogP contribution in [0.15, 0.2) is 42.5 Å². The van der Waals surface area contributed by atoms with E-state index in [1.165, 1.54) is 23.3 Å². The van der Waals surface area contributed by atoms with Gasteiger partial charge in [0.15, 0.2) is 0 Å². The minimum Gasteiger partial charge on any atom is -0.507 e.